The highest BCUT2D eigenvalue weighted by Crippen LogP contribution is 2.25. The predicted molar refractivity (Wildman–Crippen MR) is 94.4 cm³/mol. The molecule has 1 unspecified atom stereocenters. The van der Waals surface area contributed by atoms with Crippen molar-refractivity contribution in [1.82, 2.24) is 15.1 Å². The van der Waals surface area contributed by atoms with E-state index in [0.717, 1.165) is 25.6 Å². The minimum atomic E-state index is 0.0969. The van der Waals surface area contributed by atoms with Crippen molar-refractivity contribution in [2.45, 2.75) is 69.9 Å². The van der Waals surface area contributed by atoms with Crippen molar-refractivity contribution in [3.8, 4) is 0 Å². The monoisotopic (exact) mass is 319 g/mol. The number of nitrogens with zero attached hydrogens (tertiary/aromatic N) is 2. The van der Waals surface area contributed by atoms with Gasteiger partial charge in [0.25, 0.3) is 0 Å². The van der Waals surface area contributed by atoms with Crippen LogP contribution in [0.4, 0.5) is 0 Å². The summed E-state index contributed by atoms with van der Waals surface area (Å²) >= 11 is 0. The van der Waals surface area contributed by atoms with E-state index in [9.17, 15) is 4.79 Å². The van der Waals surface area contributed by atoms with Gasteiger partial charge in [0.2, 0.25) is 5.91 Å². The van der Waals surface area contributed by atoms with Gasteiger partial charge >= 0.3 is 0 Å². The lowest BCUT2D eigenvalue weighted by Crippen LogP contribution is -2.51. The Bertz CT molecular complexity index is 397. The molecule has 2 heterocycles. The molecule has 4 nitrogen and oxygen atoms in total. The number of likely N-dealkylation sites (tertiary alicyclic amines) is 2. The molecule has 0 spiro atoms. The normalized spacial score (nSPS) is 28.4. The van der Waals surface area contributed by atoms with E-state index in [2.05, 4.69) is 15.1 Å². The largest absolute Gasteiger partial charge is 0.349 e. The lowest BCUT2D eigenvalue weighted by atomic mass is 9.92. The summed E-state index contributed by atoms with van der Waals surface area (Å²) in [7, 11) is 0. The topological polar surface area (TPSA) is 35.6 Å². The molecule has 1 atom stereocenters. The van der Waals surface area contributed by atoms with E-state index >= 15 is 0 Å². The molecule has 3 rings (SSSR count). The van der Waals surface area contributed by atoms with Gasteiger partial charge < -0.3 is 5.32 Å². The van der Waals surface area contributed by atoms with Crippen molar-refractivity contribution >= 4 is 5.91 Å². The van der Waals surface area contributed by atoms with Crippen LogP contribution in [0.2, 0.25) is 0 Å². The van der Waals surface area contributed by atoms with Crippen LogP contribution in [0, 0.1) is 0 Å². The van der Waals surface area contributed by atoms with Crippen LogP contribution in [-0.4, -0.2) is 60.5 Å². The molecule has 1 aliphatic carbocycles. The molecule has 1 N–H and O–H groups in total. The molecule has 1 saturated carbocycles. The first-order chi connectivity index (χ1) is 11.3. The fourth-order valence-electron chi connectivity index (χ4n) is 4.43. The summed E-state index contributed by atoms with van der Waals surface area (Å²) in [5.41, 5.74) is 0. The Morgan fingerprint density at radius 1 is 0.957 bits per heavy atom. The Labute approximate surface area is 141 Å². The predicted octanol–water partition coefficient (Wildman–Crippen LogP) is 2.55. The van der Waals surface area contributed by atoms with Crippen LogP contribution in [0.15, 0.2) is 12.2 Å². The number of nitrogens with one attached hydrogen (secondary N) is 1. The van der Waals surface area contributed by atoms with Gasteiger partial charge in [0, 0.05) is 31.2 Å². The van der Waals surface area contributed by atoms with Gasteiger partial charge in [-0.05, 0) is 58.2 Å². The number of carbonyl (C=O) groups excluding carboxylic acids is 1. The smallest absolute Gasteiger partial charge is 0.243 e. The van der Waals surface area contributed by atoms with E-state index in [4.69, 9.17) is 0 Å². The average molecular weight is 319 g/mol. The second kappa shape index (κ2) is 8.84. The Balaban J connectivity index is 1.39. The summed E-state index contributed by atoms with van der Waals surface area (Å²) in [6.45, 7) is 5.57. The van der Waals surface area contributed by atoms with Crippen molar-refractivity contribution in [2.75, 3.05) is 32.7 Å². The molecule has 3 aliphatic rings. The molecule has 0 aromatic rings. The molecule has 1 amide bonds. The fraction of sp³-hybridized carbons (Fsp3) is 0.842. The van der Waals surface area contributed by atoms with Gasteiger partial charge in [-0.25, -0.2) is 0 Å². The van der Waals surface area contributed by atoms with E-state index in [-0.39, 0.29) is 5.91 Å². The first-order valence-corrected chi connectivity index (χ1v) is 9.75. The van der Waals surface area contributed by atoms with Gasteiger partial charge in [0.1, 0.15) is 0 Å². The van der Waals surface area contributed by atoms with E-state index in [1.165, 1.54) is 71.0 Å². The molecule has 3 fully saturated rings. The van der Waals surface area contributed by atoms with Crippen LogP contribution < -0.4 is 5.32 Å². The van der Waals surface area contributed by atoms with E-state index in [1.807, 2.05) is 6.08 Å². The number of piperidine rings is 1. The molecule has 2 saturated heterocycles. The zero-order valence-electron chi connectivity index (χ0n) is 14.5. The lowest BCUT2D eigenvalue weighted by Gasteiger charge is -2.40. The minimum absolute atomic E-state index is 0.0969. The second-order valence-electron chi connectivity index (χ2n) is 7.54. The molecule has 0 bridgehead atoms. The molecule has 130 valence electrons. The quantitative estimate of drug-likeness (QED) is 0.791. The van der Waals surface area contributed by atoms with Crippen molar-refractivity contribution < 1.29 is 4.79 Å². The summed E-state index contributed by atoms with van der Waals surface area (Å²) in [5.74, 6) is 0.0969. The molecule has 23 heavy (non-hydrogen) atoms. The standard InChI is InChI=1S/C19H33N3O/c23-19(11-7-14-21-12-4-5-13-21)20-17-8-6-15-22(16-17)18-9-2-1-3-10-18/h7,11,17-18H,1-6,8-10,12-16H2,(H,20,23)/b11-7+. The van der Waals surface area contributed by atoms with E-state index in [1.54, 1.807) is 6.08 Å². The molecule has 0 aromatic carbocycles. The van der Waals surface area contributed by atoms with Crippen molar-refractivity contribution in [3.63, 3.8) is 0 Å². The highest BCUT2D eigenvalue weighted by molar-refractivity contribution is 5.87. The van der Waals surface area contributed by atoms with Crippen LogP contribution in [0.3, 0.4) is 0 Å². The zero-order valence-corrected chi connectivity index (χ0v) is 14.5. The highest BCUT2D eigenvalue weighted by Gasteiger charge is 2.27. The van der Waals surface area contributed by atoms with Crippen LogP contribution in [0.5, 0.6) is 0 Å². The third-order valence-electron chi connectivity index (χ3n) is 5.72. The van der Waals surface area contributed by atoms with E-state index in [0.29, 0.717) is 6.04 Å². The molecule has 2 aliphatic heterocycles. The summed E-state index contributed by atoms with van der Waals surface area (Å²) in [6, 6.07) is 1.11. The summed E-state index contributed by atoms with van der Waals surface area (Å²) < 4.78 is 0. The number of rotatable bonds is 5. The molecule has 0 aromatic heterocycles. The first-order valence-electron chi connectivity index (χ1n) is 9.75. The Morgan fingerprint density at radius 2 is 1.74 bits per heavy atom. The van der Waals surface area contributed by atoms with Crippen molar-refractivity contribution in [1.29, 1.82) is 0 Å². The number of amides is 1. The van der Waals surface area contributed by atoms with Crippen LogP contribution in [-0.2, 0) is 4.79 Å². The summed E-state index contributed by atoms with van der Waals surface area (Å²) in [4.78, 5) is 17.2. The molecular weight excluding hydrogens is 286 g/mol. The van der Waals surface area contributed by atoms with Crippen LogP contribution in [0.1, 0.15) is 57.8 Å². The van der Waals surface area contributed by atoms with Crippen LogP contribution in [0.25, 0.3) is 0 Å². The van der Waals surface area contributed by atoms with Crippen LogP contribution >= 0.6 is 0 Å². The van der Waals surface area contributed by atoms with Gasteiger partial charge in [-0.1, -0.05) is 25.3 Å². The van der Waals surface area contributed by atoms with Gasteiger partial charge in [0.15, 0.2) is 0 Å². The SMILES string of the molecule is O=C(/C=C/CN1CCCC1)NC1CCCN(C2CCCCC2)C1. The molecule has 4 heteroatoms. The van der Waals surface area contributed by atoms with E-state index < -0.39 is 0 Å². The maximum atomic E-state index is 12.1. The first kappa shape index (κ1) is 17.0. The maximum absolute atomic E-state index is 12.1. The Hall–Kier alpha value is -0.870. The lowest BCUT2D eigenvalue weighted by molar-refractivity contribution is -0.117. The Morgan fingerprint density at radius 3 is 2.52 bits per heavy atom. The fourth-order valence-corrected chi connectivity index (χ4v) is 4.43. The van der Waals surface area contributed by atoms with Gasteiger partial charge in [-0.3, -0.25) is 14.6 Å². The maximum Gasteiger partial charge on any atom is 0.243 e. The third kappa shape index (κ3) is 5.32. The Kier molecular flexibility index (Phi) is 6.52. The minimum Gasteiger partial charge on any atom is -0.349 e. The van der Waals surface area contributed by atoms with Crippen molar-refractivity contribution in [2.24, 2.45) is 0 Å². The summed E-state index contributed by atoms with van der Waals surface area (Å²) in [6.07, 6.45) is 15.6. The van der Waals surface area contributed by atoms with Gasteiger partial charge in [-0.2, -0.15) is 0 Å². The number of hydrogen-bond acceptors (Lipinski definition) is 3. The molecular formula is C19H33N3O. The summed E-state index contributed by atoms with van der Waals surface area (Å²) in [5, 5.41) is 3.23. The zero-order chi connectivity index (χ0) is 15.9. The number of carbonyl (C=O) groups is 1. The van der Waals surface area contributed by atoms with Gasteiger partial charge in [0.05, 0.1) is 0 Å². The molecule has 0 radical (unpaired) electrons. The van der Waals surface area contributed by atoms with Crippen molar-refractivity contribution in [3.05, 3.63) is 12.2 Å². The third-order valence-corrected chi connectivity index (χ3v) is 5.72. The highest BCUT2D eigenvalue weighted by atomic mass is 16.1. The van der Waals surface area contributed by atoms with Gasteiger partial charge in [-0.15, -0.1) is 0 Å². The second-order valence-corrected chi connectivity index (χ2v) is 7.54. The average Bonchev–Trinajstić information content (AvgIpc) is 3.09. The number of hydrogen-bond donors (Lipinski definition) is 1.